The van der Waals surface area contributed by atoms with Crippen molar-refractivity contribution in [3.63, 3.8) is 0 Å². The van der Waals surface area contributed by atoms with Gasteiger partial charge in [-0.2, -0.15) is 0 Å². The van der Waals surface area contributed by atoms with Crippen molar-refractivity contribution in [1.82, 2.24) is 20.2 Å². The van der Waals surface area contributed by atoms with Gasteiger partial charge in [0.2, 0.25) is 0 Å². The number of tetrazole rings is 1. The maximum absolute atomic E-state index is 11.8. The zero-order valence-electron chi connectivity index (χ0n) is 20.5. The molecule has 11 atom stereocenters. The minimum atomic E-state index is -0.201. The van der Waals surface area contributed by atoms with E-state index in [1.54, 1.807) is 6.33 Å². The minimum Gasteiger partial charge on any atom is -0.393 e. The van der Waals surface area contributed by atoms with Crippen LogP contribution < -0.4 is 0 Å². The second-order valence-corrected chi connectivity index (χ2v) is 12.5. The van der Waals surface area contributed by atoms with Crippen molar-refractivity contribution in [2.75, 3.05) is 0 Å². The van der Waals surface area contributed by atoms with Crippen LogP contribution in [0.3, 0.4) is 0 Å². The van der Waals surface area contributed by atoms with E-state index in [0.29, 0.717) is 40.9 Å². The van der Waals surface area contributed by atoms with Gasteiger partial charge in [-0.1, -0.05) is 34.1 Å². The number of nitrogens with zero attached hydrogens (tertiary/aromatic N) is 4. The Kier molecular flexibility index (Phi) is 5.93. The summed E-state index contributed by atoms with van der Waals surface area (Å²) in [6, 6.07) is 0. The van der Waals surface area contributed by atoms with Crippen molar-refractivity contribution in [3.05, 3.63) is 6.33 Å². The van der Waals surface area contributed by atoms with Crippen LogP contribution in [-0.2, 0) is 6.54 Å². The van der Waals surface area contributed by atoms with Crippen LogP contribution in [0.4, 0.5) is 0 Å². The summed E-state index contributed by atoms with van der Waals surface area (Å²) >= 11 is 0. The van der Waals surface area contributed by atoms with Gasteiger partial charge in [-0.25, -0.2) is 4.68 Å². The molecule has 1 aromatic heterocycles. The van der Waals surface area contributed by atoms with Crippen LogP contribution in [0.15, 0.2) is 6.33 Å². The normalized spacial score (nSPS) is 49.2. The number of hydrogen-bond donors (Lipinski definition) is 2. The zero-order valence-corrected chi connectivity index (χ0v) is 20.5. The van der Waals surface area contributed by atoms with Gasteiger partial charge in [0.15, 0.2) is 0 Å². The standard InChI is InChI=1S/C26H44N4O2/c1-5-18-22-14-17(31)8-11-26(22,4)21-9-12-25(3)19(6-7-20(25)23(21)24(18)32)16(2)10-13-30-15-27-28-29-30/h15-24,31-32H,5-14H2,1-4H3/t16-,17-,18-,19?,20?,21?,22+,23?,24-,25-,26-/m1/s1. The van der Waals surface area contributed by atoms with Crippen LogP contribution in [0.5, 0.6) is 0 Å². The number of aromatic nitrogens is 4. The first-order valence-electron chi connectivity index (χ1n) is 13.4. The molecule has 4 unspecified atom stereocenters. The molecule has 0 saturated heterocycles. The number of fused-ring (bicyclic) bond motifs is 5. The molecule has 0 aromatic carbocycles. The fraction of sp³-hybridized carbons (Fsp3) is 0.962. The fourth-order valence-corrected chi connectivity index (χ4v) is 9.75. The van der Waals surface area contributed by atoms with Gasteiger partial charge in [-0.3, -0.25) is 0 Å². The van der Waals surface area contributed by atoms with Gasteiger partial charge in [0.1, 0.15) is 6.33 Å². The number of hydrogen-bond acceptors (Lipinski definition) is 5. The minimum absolute atomic E-state index is 0.170. The molecule has 5 rings (SSSR count). The highest BCUT2D eigenvalue weighted by Gasteiger charge is 2.64. The first-order chi connectivity index (χ1) is 15.3. The molecule has 1 heterocycles. The molecule has 6 heteroatoms. The Labute approximate surface area is 193 Å². The summed E-state index contributed by atoms with van der Waals surface area (Å²) in [5.74, 6) is 3.87. The summed E-state index contributed by atoms with van der Waals surface area (Å²) < 4.78 is 1.86. The van der Waals surface area contributed by atoms with E-state index < -0.39 is 0 Å². The van der Waals surface area contributed by atoms with Crippen molar-refractivity contribution < 1.29 is 10.2 Å². The van der Waals surface area contributed by atoms with Gasteiger partial charge in [0.25, 0.3) is 0 Å². The largest absolute Gasteiger partial charge is 0.393 e. The highest BCUT2D eigenvalue weighted by Crippen LogP contribution is 2.69. The predicted octanol–water partition coefficient (Wildman–Crippen LogP) is 4.33. The molecule has 32 heavy (non-hydrogen) atoms. The molecular weight excluding hydrogens is 400 g/mol. The number of rotatable bonds is 5. The topological polar surface area (TPSA) is 84.1 Å². The Bertz CT molecular complexity index is 787. The third-order valence-electron chi connectivity index (χ3n) is 11.4. The number of aryl methyl sites for hydroxylation is 1. The average Bonchev–Trinajstić information content (AvgIpc) is 3.41. The highest BCUT2D eigenvalue weighted by molar-refractivity contribution is 5.13. The van der Waals surface area contributed by atoms with E-state index in [4.69, 9.17) is 0 Å². The molecule has 0 spiro atoms. The molecular formula is C26H44N4O2. The van der Waals surface area contributed by atoms with Crippen molar-refractivity contribution in [3.8, 4) is 0 Å². The van der Waals surface area contributed by atoms with E-state index in [1.165, 1.54) is 25.7 Å². The Balaban J connectivity index is 1.38. The van der Waals surface area contributed by atoms with Gasteiger partial charge >= 0.3 is 0 Å². The number of aliphatic hydroxyl groups is 2. The lowest BCUT2D eigenvalue weighted by molar-refractivity contribution is -0.203. The Morgan fingerprint density at radius 2 is 1.78 bits per heavy atom. The quantitative estimate of drug-likeness (QED) is 0.706. The molecule has 4 aliphatic carbocycles. The summed E-state index contributed by atoms with van der Waals surface area (Å²) in [6.07, 6.45) is 11.6. The van der Waals surface area contributed by atoms with E-state index in [9.17, 15) is 10.2 Å². The highest BCUT2D eigenvalue weighted by atomic mass is 16.3. The fourth-order valence-electron chi connectivity index (χ4n) is 9.75. The lowest BCUT2D eigenvalue weighted by atomic mass is 9.41. The van der Waals surface area contributed by atoms with Crippen LogP contribution in [0.25, 0.3) is 0 Å². The molecule has 4 aliphatic rings. The number of aliphatic hydroxyl groups excluding tert-OH is 2. The van der Waals surface area contributed by atoms with Crippen LogP contribution in [0, 0.1) is 52.3 Å². The second kappa shape index (κ2) is 8.33. The van der Waals surface area contributed by atoms with Gasteiger partial charge < -0.3 is 10.2 Å². The maximum Gasteiger partial charge on any atom is 0.138 e. The summed E-state index contributed by atoms with van der Waals surface area (Å²) in [4.78, 5) is 0. The molecule has 0 aliphatic heterocycles. The summed E-state index contributed by atoms with van der Waals surface area (Å²) in [5.41, 5.74) is 0.618. The molecule has 6 nitrogen and oxygen atoms in total. The molecule has 0 amide bonds. The van der Waals surface area contributed by atoms with Gasteiger partial charge in [-0.05, 0) is 114 Å². The predicted molar refractivity (Wildman–Crippen MR) is 123 cm³/mol. The zero-order chi connectivity index (χ0) is 22.7. The third-order valence-corrected chi connectivity index (χ3v) is 11.4. The molecule has 0 bridgehead atoms. The Morgan fingerprint density at radius 1 is 1.03 bits per heavy atom. The van der Waals surface area contributed by atoms with Gasteiger partial charge in [0.05, 0.1) is 12.2 Å². The van der Waals surface area contributed by atoms with Crippen LogP contribution >= 0.6 is 0 Å². The van der Waals surface area contributed by atoms with Crippen molar-refractivity contribution in [1.29, 1.82) is 0 Å². The second-order valence-electron chi connectivity index (χ2n) is 12.5. The van der Waals surface area contributed by atoms with Gasteiger partial charge in [0, 0.05) is 6.54 Å². The van der Waals surface area contributed by atoms with Crippen LogP contribution in [-0.4, -0.2) is 42.6 Å². The van der Waals surface area contributed by atoms with E-state index in [2.05, 4.69) is 43.2 Å². The van der Waals surface area contributed by atoms with Crippen molar-refractivity contribution in [2.45, 2.75) is 104 Å². The SMILES string of the molecule is CC[C@H]1[C@@H](O)C2C3CCC([C@H](C)CCn4cnnn4)[C@@]3(C)CCC2[C@@]2(C)CC[C@@H](O)C[C@@H]12. The Morgan fingerprint density at radius 3 is 2.50 bits per heavy atom. The monoisotopic (exact) mass is 444 g/mol. The van der Waals surface area contributed by atoms with Crippen molar-refractivity contribution in [2.24, 2.45) is 52.3 Å². The smallest absolute Gasteiger partial charge is 0.138 e. The summed E-state index contributed by atoms with van der Waals surface area (Å²) in [5, 5.41) is 33.9. The lowest BCUT2D eigenvalue weighted by Crippen LogP contribution is -2.62. The molecule has 0 radical (unpaired) electrons. The molecule has 1 aromatic rings. The lowest BCUT2D eigenvalue weighted by Gasteiger charge is -2.64. The van der Waals surface area contributed by atoms with Crippen LogP contribution in [0.1, 0.15) is 85.5 Å². The summed E-state index contributed by atoms with van der Waals surface area (Å²) in [6.45, 7) is 10.7. The molecule has 4 fully saturated rings. The third kappa shape index (κ3) is 3.38. The first kappa shape index (κ1) is 22.8. The molecule has 180 valence electrons. The van der Waals surface area contributed by atoms with Crippen molar-refractivity contribution >= 4 is 0 Å². The van der Waals surface area contributed by atoms with E-state index in [1.807, 2.05) is 4.68 Å². The summed E-state index contributed by atoms with van der Waals surface area (Å²) in [7, 11) is 0. The molecule has 4 saturated carbocycles. The Hall–Kier alpha value is -1.01. The van der Waals surface area contributed by atoms with E-state index >= 15 is 0 Å². The first-order valence-corrected chi connectivity index (χ1v) is 13.4. The van der Waals surface area contributed by atoms with E-state index in [-0.39, 0.29) is 17.6 Å². The average molecular weight is 445 g/mol. The van der Waals surface area contributed by atoms with Gasteiger partial charge in [-0.15, -0.1) is 5.10 Å². The molecule has 2 N–H and O–H groups in total. The van der Waals surface area contributed by atoms with E-state index in [0.717, 1.165) is 44.6 Å². The van der Waals surface area contributed by atoms with Crippen LogP contribution in [0.2, 0.25) is 0 Å². The maximum atomic E-state index is 11.8.